The molecule has 2 heterocycles. The first-order valence-electron chi connectivity index (χ1n) is 15.0. The molecule has 2 aromatic carbocycles. The van der Waals surface area contributed by atoms with Crippen LogP contribution in [-0.2, 0) is 28.0 Å². The number of benzene rings is 2. The van der Waals surface area contributed by atoms with Crippen molar-refractivity contribution in [3.63, 3.8) is 0 Å². The number of aliphatic carboxylic acids is 2. The summed E-state index contributed by atoms with van der Waals surface area (Å²) in [7, 11) is 0. The van der Waals surface area contributed by atoms with Gasteiger partial charge in [-0.25, -0.2) is 4.39 Å². The molecular formula is C33H41FN2O6. The highest BCUT2D eigenvalue weighted by atomic mass is 19.1. The van der Waals surface area contributed by atoms with Gasteiger partial charge in [-0.3, -0.25) is 14.5 Å². The van der Waals surface area contributed by atoms with Gasteiger partial charge in [0.2, 0.25) is 0 Å². The minimum Gasteiger partial charge on any atom is -0.485 e. The number of hydrogen-bond donors (Lipinski definition) is 3. The van der Waals surface area contributed by atoms with E-state index in [9.17, 15) is 14.7 Å². The number of rotatable bonds is 6. The molecule has 0 amide bonds. The van der Waals surface area contributed by atoms with Crippen LogP contribution in [0.3, 0.4) is 0 Å². The monoisotopic (exact) mass is 580 g/mol. The van der Waals surface area contributed by atoms with Crippen molar-refractivity contribution in [1.29, 1.82) is 0 Å². The zero-order valence-corrected chi connectivity index (χ0v) is 24.5. The Morgan fingerprint density at radius 3 is 2.40 bits per heavy atom. The van der Waals surface area contributed by atoms with E-state index in [-0.39, 0.29) is 12.6 Å². The van der Waals surface area contributed by atoms with E-state index in [0.29, 0.717) is 49.8 Å². The van der Waals surface area contributed by atoms with Crippen molar-refractivity contribution >= 4 is 11.9 Å². The summed E-state index contributed by atoms with van der Waals surface area (Å²) in [5.41, 5.74) is 6.55. The summed E-state index contributed by atoms with van der Waals surface area (Å²) in [6.07, 6.45) is 1.92. The predicted octanol–water partition coefficient (Wildman–Crippen LogP) is 4.56. The maximum absolute atomic E-state index is 16.6. The van der Waals surface area contributed by atoms with Crippen LogP contribution in [0.25, 0.3) is 0 Å². The number of carboxylic acids is 2. The molecule has 2 aromatic rings. The molecule has 7 rings (SSSR count). The van der Waals surface area contributed by atoms with Crippen molar-refractivity contribution < 1.29 is 33.7 Å². The molecule has 6 atom stereocenters. The molecule has 5 aliphatic rings. The molecule has 9 heteroatoms. The minimum atomic E-state index is -1.25. The van der Waals surface area contributed by atoms with Gasteiger partial charge in [0.05, 0.1) is 10.8 Å². The second-order valence-corrected chi connectivity index (χ2v) is 13.7. The van der Waals surface area contributed by atoms with Crippen LogP contribution >= 0.6 is 0 Å². The van der Waals surface area contributed by atoms with Gasteiger partial charge in [-0.2, -0.15) is 0 Å². The molecular weight excluding hydrogens is 539 g/mol. The Morgan fingerprint density at radius 1 is 1.10 bits per heavy atom. The van der Waals surface area contributed by atoms with Crippen LogP contribution in [0.1, 0.15) is 63.1 Å². The molecule has 1 spiro atoms. The molecule has 0 unspecified atom stereocenters. The molecule has 0 aromatic heterocycles. The molecule has 8 nitrogen and oxygen atoms in total. The average Bonchev–Trinajstić information content (AvgIpc) is 3.68. The van der Waals surface area contributed by atoms with Crippen molar-refractivity contribution in [3.8, 4) is 11.5 Å². The Hall–Kier alpha value is -3.17. The van der Waals surface area contributed by atoms with Gasteiger partial charge in [0.15, 0.2) is 11.5 Å². The van der Waals surface area contributed by atoms with Crippen LogP contribution in [0, 0.1) is 17.3 Å². The third kappa shape index (κ3) is 4.39. The fourth-order valence-corrected chi connectivity index (χ4v) is 7.77. The van der Waals surface area contributed by atoms with E-state index in [1.807, 2.05) is 47.4 Å². The smallest absolute Gasteiger partial charge is 0.324 e. The highest BCUT2D eigenvalue weighted by molar-refractivity contribution is 5.83. The van der Waals surface area contributed by atoms with Crippen molar-refractivity contribution in [1.82, 2.24) is 4.90 Å². The van der Waals surface area contributed by atoms with Gasteiger partial charge in [0.25, 0.3) is 0 Å². The number of nitrogens with zero attached hydrogens (tertiary/aromatic N) is 1. The lowest BCUT2D eigenvalue weighted by atomic mass is 9.46. The standard InChI is InChI=1S/C28H31FN2O4.C5H10O2/c29-22-14-31(13-16-6-7-16)27(26(32)33)12-18-8-10-20(34-15-17-4-2-1-3-5-17)24-23(18)28(22)21(27)11-9-19(30)25(28)35-24;1-5(2,3)4(6)7/h1-5,8,10,16,19,21-22,25H,6-7,9,11-15,30H2,(H,32,33);1-3H3,(H,6,7)/t19-,21-,22+,25+,27-,28-;/m1./s1. The summed E-state index contributed by atoms with van der Waals surface area (Å²) in [5.74, 6) is -0.363. The van der Waals surface area contributed by atoms with Crippen LogP contribution in [0.5, 0.6) is 11.5 Å². The van der Waals surface area contributed by atoms with Crippen molar-refractivity contribution in [2.24, 2.45) is 23.0 Å². The first kappa shape index (κ1) is 28.9. The number of carboxylic acid groups (broad SMARTS) is 2. The fourth-order valence-electron chi connectivity index (χ4n) is 7.77. The largest absolute Gasteiger partial charge is 0.485 e. The van der Waals surface area contributed by atoms with Gasteiger partial charge >= 0.3 is 11.9 Å². The first-order valence-corrected chi connectivity index (χ1v) is 15.0. The van der Waals surface area contributed by atoms with Gasteiger partial charge in [-0.05, 0) is 69.6 Å². The number of halogens is 1. The summed E-state index contributed by atoms with van der Waals surface area (Å²) in [4.78, 5) is 25.1. The molecule has 2 aliphatic heterocycles. The van der Waals surface area contributed by atoms with Gasteiger partial charge in [-0.15, -0.1) is 0 Å². The van der Waals surface area contributed by atoms with Gasteiger partial charge in [0, 0.05) is 37.0 Å². The Kier molecular flexibility index (Phi) is 7.04. The van der Waals surface area contributed by atoms with Crippen LogP contribution in [-0.4, -0.2) is 64.0 Å². The highest BCUT2D eigenvalue weighted by Crippen LogP contribution is 2.67. The zero-order chi connectivity index (χ0) is 30.0. The first-order chi connectivity index (χ1) is 19.9. The highest BCUT2D eigenvalue weighted by Gasteiger charge is 2.76. The summed E-state index contributed by atoms with van der Waals surface area (Å²) in [6, 6.07) is 13.3. The number of likely N-dealkylation sites (tertiary alicyclic amines) is 1. The predicted molar refractivity (Wildman–Crippen MR) is 154 cm³/mol. The Morgan fingerprint density at radius 2 is 1.79 bits per heavy atom. The van der Waals surface area contributed by atoms with Crippen LogP contribution in [0.4, 0.5) is 4.39 Å². The second kappa shape index (κ2) is 10.2. The molecule has 2 saturated carbocycles. The van der Waals surface area contributed by atoms with Crippen LogP contribution < -0.4 is 15.2 Å². The number of hydrogen-bond acceptors (Lipinski definition) is 6. The number of alkyl halides is 1. The Bertz CT molecular complexity index is 1370. The SMILES string of the molecule is CC(C)(C)C(=O)O.N[C@@H]1CC[C@H]2[C@@]34c5c(ccc(OCc6ccccc6)c5O[C@@H]13)C[C@@]2(C(=O)O)N(CC1CC1)C[C@@H]4F. The van der Waals surface area contributed by atoms with E-state index < -0.39 is 46.5 Å². The number of ether oxygens (including phenoxy) is 2. The lowest BCUT2D eigenvalue weighted by Crippen LogP contribution is -2.79. The molecule has 1 saturated heterocycles. The van der Waals surface area contributed by atoms with Crippen LogP contribution in [0.15, 0.2) is 42.5 Å². The third-order valence-electron chi connectivity index (χ3n) is 10.0. The van der Waals surface area contributed by atoms with Crippen molar-refractivity contribution in [3.05, 3.63) is 59.2 Å². The van der Waals surface area contributed by atoms with Gasteiger partial charge < -0.3 is 25.4 Å². The summed E-state index contributed by atoms with van der Waals surface area (Å²) >= 11 is 0. The second-order valence-electron chi connectivity index (χ2n) is 13.7. The molecule has 4 N–H and O–H groups in total. The van der Waals surface area contributed by atoms with Gasteiger partial charge in [0.1, 0.15) is 24.4 Å². The minimum absolute atomic E-state index is 0.111. The zero-order valence-electron chi connectivity index (χ0n) is 24.5. The van der Waals surface area contributed by atoms with Crippen molar-refractivity contribution in [2.75, 3.05) is 13.1 Å². The Labute approximate surface area is 246 Å². The lowest BCUT2D eigenvalue weighted by Gasteiger charge is -2.64. The average molecular weight is 581 g/mol. The lowest BCUT2D eigenvalue weighted by molar-refractivity contribution is -0.186. The molecule has 2 bridgehead atoms. The molecule has 0 radical (unpaired) electrons. The number of carbonyl (C=O) groups is 2. The molecule has 3 aliphatic carbocycles. The van der Waals surface area contributed by atoms with E-state index in [1.165, 1.54) is 0 Å². The van der Waals surface area contributed by atoms with Crippen molar-refractivity contribution in [2.45, 2.75) is 88.8 Å². The fraction of sp³-hybridized carbons (Fsp3) is 0.576. The van der Waals surface area contributed by atoms with E-state index >= 15 is 4.39 Å². The topological polar surface area (TPSA) is 122 Å². The van der Waals surface area contributed by atoms with Crippen LogP contribution in [0.2, 0.25) is 0 Å². The summed E-state index contributed by atoms with van der Waals surface area (Å²) in [5, 5.41) is 19.0. The number of nitrogens with two attached hydrogens (primary N) is 1. The third-order valence-corrected chi connectivity index (χ3v) is 10.0. The molecule has 3 fully saturated rings. The molecule has 42 heavy (non-hydrogen) atoms. The summed E-state index contributed by atoms with van der Waals surface area (Å²) in [6.45, 7) is 6.12. The van der Waals surface area contributed by atoms with E-state index in [1.54, 1.807) is 20.8 Å². The van der Waals surface area contributed by atoms with Gasteiger partial charge in [-0.1, -0.05) is 36.4 Å². The van der Waals surface area contributed by atoms with E-state index in [4.69, 9.17) is 20.3 Å². The Balaban J connectivity index is 0.000000405. The number of piperidine rings is 1. The summed E-state index contributed by atoms with van der Waals surface area (Å²) < 4.78 is 29.4. The maximum atomic E-state index is 16.6. The quantitative estimate of drug-likeness (QED) is 0.455. The maximum Gasteiger partial charge on any atom is 0.324 e. The normalized spacial score (nSPS) is 32.6. The van der Waals surface area contributed by atoms with E-state index in [0.717, 1.165) is 29.5 Å². The molecule has 226 valence electrons. The van der Waals surface area contributed by atoms with E-state index in [2.05, 4.69) is 0 Å².